The van der Waals surface area contributed by atoms with E-state index in [-0.39, 0.29) is 12.5 Å². The van der Waals surface area contributed by atoms with E-state index in [1.54, 1.807) is 6.92 Å². The maximum Gasteiger partial charge on any atom is 0.416 e. The minimum Gasteiger partial charge on any atom is -0.478 e. The van der Waals surface area contributed by atoms with Gasteiger partial charge in [0.25, 0.3) is 5.91 Å². The molecule has 0 saturated heterocycles. The second-order valence-electron chi connectivity index (χ2n) is 7.73. The van der Waals surface area contributed by atoms with Crippen molar-refractivity contribution in [2.75, 3.05) is 0 Å². The first-order chi connectivity index (χ1) is 15.4. The van der Waals surface area contributed by atoms with Crippen LogP contribution in [0.15, 0.2) is 48.5 Å². The third-order valence-corrected chi connectivity index (χ3v) is 5.97. The molecule has 2 aromatic carbocycles. The van der Waals surface area contributed by atoms with Crippen LogP contribution in [0.2, 0.25) is 0 Å². The van der Waals surface area contributed by atoms with Gasteiger partial charge in [-0.25, -0.2) is 9.78 Å². The zero-order valence-corrected chi connectivity index (χ0v) is 18.8. The van der Waals surface area contributed by atoms with Gasteiger partial charge in [0.15, 0.2) is 5.60 Å². The van der Waals surface area contributed by atoms with Crippen LogP contribution in [0.3, 0.4) is 0 Å². The van der Waals surface area contributed by atoms with Crippen LogP contribution in [0.5, 0.6) is 5.75 Å². The second kappa shape index (κ2) is 9.22. The number of halogens is 3. The van der Waals surface area contributed by atoms with Gasteiger partial charge in [0.1, 0.15) is 10.8 Å². The number of aryl methyl sites for hydroxylation is 1. The molecule has 10 heteroatoms. The molecule has 0 bridgehead atoms. The SMILES string of the molecule is Cc1nc(-c2ccc(C(F)(F)F)cc2)sc1CNC(=O)c1ccc(OC(C)(C)C(=O)O)cc1. The van der Waals surface area contributed by atoms with Gasteiger partial charge in [-0.15, -0.1) is 11.3 Å². The number of carbonyl (C=O) groups is 2. The summed E-state index contributed by atoms with van der Waals surface area (Å²) in [6.45, 7) is 4.81. The van der Waals surface area contributed by atoms with E-state index in [1.165, 1.54) is 61.6 Å². The van der Waals surface area contributed by atoms with E-state index in [1.807, 2.05) is 0 Å². The molecule has 0 unspecified atom stereocenters. The van der Waals surface area contributed by atoms with E-state index < -0.39 is 23.3 Å². The normalized spacial score (nSPS) is 11.8. The van der Waals surface area contributed by atoms with Crippen LogP contribution < -0.4 is 10.1 Å². The Bertz CT molecular complexity index is 1150. The van der Waals surface area contributed by atoms with Crippen molar-refractivity contribution in [1.29, 1.82) is 0 Å². The Hall–Kier alpha value is -3.40. The number of ether oxygens (including phenoxy) is 1. The fourth-order valence-corrected chi connectivity index (χ4v) is 3.80. The number of hydrogen-bond donors (Lipinski definition) is 2. The van der Waals surface area contributed by atoms with Gasteiger partial charge in [0.05, 0.1) is 17.8 Å². The van der Waals surface area contributed by atoms with Crippen molar-refractivity contribution in [1.82, 2.24) is 10.3 Å². The molecular weight excluding hydrogens is 457 g/mol. The van der Waals surface area contributed by atoms with Crippen molar-refractivity contribution >= 4 is 23.2 Å². The summed E-state index contributed by atoms with van der Waals surface area (Å²) in [6, 6.07) is 10.8. The van der Waals surface area contributed by atoms with Crippen LogP contribution in [0.4, 0.5) is 13.2 Å². The second-order valence-corrected chi connectivity index (χ2v) is 8.81. The molecule has 1 amide bonds. The number of benzene rings is 2. The Balaban J connectivity index is 1.64. The Morgan fingerprint density at radius 2 is 1.67 bits per heavy atom. The molecule has 0 spiro atoms. The number of thiazole rings is 1. The zero-order chi connectivity index (χ0) is 24.4. The highest BCUT2D eigenvalue weighted by molar-refractivity contribution is 7.15. The van der Waals surface area contributed by atoms with E-state index in [9.17, 15) is 22.8 Å². The van der Waals surface area contributed by atoms with Crippen LogP contribution in [-0.2, 0) is 17.5 Å². The molecule has 0 fully saturated rings. The molecule has 0 saturated carbocycles. The van der Waals surface area contributed by atoms with Gasteiger partial charge < -0.3 is 15.2 Å². The lowest BCUT2D eigenvalue weighted by atomic mass is 10.1. The van der Waals surface area contributed by atoms with Crippen LogP contribution in [-0.4, -0.2) is 27.6 Å². The van der Waals surface area contributed by atoms with Gasteiger partial charge >= 0.3 is 12.1 Å². The summed E-state index contributed by atoms with van der Waals surface area (Å²) in [4.78, 5) is 28.8. The topological polar surface area (TPSA) is 88.5 Å². The fourth-order valence-electron chi connectivity index (χ4n) is 2.79. The van der Waals surface area contributed by atoms with E-state index >= 15 is 0 Å². The number of aromatic nitrogens is 1. The lowest BCUT2D eigenvalue weighted by Gasteiger charge is -2.21. The Morgan fingerprint density at radius 1 is 1.06 bits per heavy atom. The summed E-state index contributed by atoms with van der Waals surface area (Å²) in [5.41, 5.74) is -0.530. The standard InChI is InChI=1S/C23H21F3N2O4S/c1-13-18(33-20(28-13)15-4-8-16(9-5-15)23(24,25)26)12-27-19(29)14-6-10-17(11-7-14)32-22(2,3)21(30)31/h4-11H,12H2,1-3H3,(H,27,29)(H,30,31). The highest BCUT2D eigenvalue weighted by atomic mass is 32.1. The molecule has 3 aromatic rings. The van der Waals surface area contributed by atoms with Crippen molar-refractivity contribution in [2.24, 2.45) is 0 Å². The van der Waals surface area contributed by atoms with E-state index in [4.69, 9.17) is 9.84 Å². The van der Waals surface area contributed by atoms with Gasteiger partial charge in [0, 0.05) is 16.0 Å². The summed E-state index contributed by atoms with van der Waals surface area (Å²) < 4.78 is 43.7. The average molecular weight is 478 g/mol. The number of rotatable bonds is 7. The summed E-state index contributed by atoms with van der Waals surface area (Å²) in [7, 11) is 0. The molecule has 6 nitrogen and oxygen atoms in total. The largest absolute Gasteiger partial charge is 0.478 e. The molecule has 33 heavy (non-hydrogen) atoms. The number of nitrogens with one attached hydrogen (secondary N) is 1. The van der Waals surface area contributed by atoms with Crippen LogP contribution in [0.25, 0.3) is 10.6 Å². The third-order valence-electron chi connectivity index (χ3n) is 4.77. The van der Waals surface area contributed by atoms with E-state index in [0.29, 0.717) is 27.6 Å². The molecule has 2 N–H and O–H groups in total. The first-order valence-corrected chi connectivity index (χ1v) is 10.6. The maximum absolute atomic E-state index is 12.7. The summed E-state index contributed by atoms with van der Waals surface area (Å²) >= 11 is 1.29. The monoisotopic (exact) mass is 478 g/mol. The van der Waals surface area contributed by atoms with Crippen molar-refractivity contribution in [3.63, 3.8) is 0 Å². The number of aliphatic carboxylic acids is 1. The third kappa shape index (κ3) is 5.89. The average Bonchev–Trinajstić information content (AvgIpc) is 3.12. The van der Waals surface area contributed by atoms with Gasteiger partial charge in [-0.1, -0.05) is 12.1 Å². The van der Waals surface area contributed by atoms with E-state index in [0.717, 1.165) is 17.0 Å². The van der Waals surface area contributed by atoms with Gasteiger partial charge in [-0.2, -0.15) is 13.2 Å². The predicted octanol–water partition coefficient (Wildman–Crippen LogP) is 5.31. The van der Waals surface area contributed by atoms with Crippen molar-refractivity contribution in [2.45, 2.75) is 39.1 Å². The lowest BCUT2D eigenvalue weighted by molar-refractivity contribution is -0.152. The summed E-state index contributed by atoms with van der Waals surface area (Å²) in [5.74, 6) is -1.14. The van der Waals surface area contributed by atoms with Crippen LogP contribution in [0.1, 0.15) is 40.3 Å². The Morgan fingerprint density at radius 3 is 2.21 bits per heavy atom. The van der Waals surface area contributed by atoms with E-state index in [2.05, 4.69) is 10.3 Å². The zero-order valence-electron chi connectivity index (χ0n) is 18.0. The van der Waals surface area contributed by atoms with Gasteiger partial charge in [0.2, 0.25) is 0 Å². The predicted molar refractivity (Wildman–Crippen MR) is 117 cm³/mol. The number of carbonyl (C=O) groups excluding carboxylic acids is 1. The van der Waals surface area contributed by atoms with Gasteiger partial charge in [-0.05, 0) is 57.2 Å². The number of carboxylic acids is 1. The molecule has 1 heterocycles. The molecule has 0 atom stereocenters. The summed E-state index contributed by atoms with van der Waals surface area (Å²) in [5, 5.41) is 12.5. The number of carboxylic acid groups (broad SMARTS) is 1. The first kappa shape index (κ1) is 24.2. The number of nitrogens with zero attached hydrogens (tertiary/aromatic N) is 1. The number of alkyl halides is 3. The molecule has 0 aliphatic carbocycles. The van der Waals surface area contributed by atoms with Crippen molar-refractivity contribution in [3.8, 4) is 16.3 Å². The molecular formula is C23H21F3N2O4S. The highest BCUT2D eigenvalue weighted by Crippen LogP contribution is 2.33. The minimum atomic E-state index is -4.40. The minimum absolute atomic E-state index is 0.202. The van der Waals surface area contributed by atoms with Crippen molar-refractivity contribution < 1.29 is 32.6 Å². The highest BCUT2D eigenvalue weighted by Gasteiger charge is 2.30. The maximum atomic E-state index is 12.7. The van der Waals surface area contributed by atoms with Crippen LogP contribution in [0, 0.1) is 6.92 Å². The summed E-state index contributed by atoms with van der Waals surface area (Å²) in [6.07, 6.45) is -4.40. The first-order valence-electron chi connectivity index (χ1n) is 9.81. The molecule has 0 aliphatic heterocycles. The quantitative estimate of drug-likeness (QED) is 0.481. The molecule has 0 aliphatic rings. The molecule has 0 radical (unpaired) electrons. The molecule has 174 valence electrons. The Kier molecular flexibility index (Phi) is 6.78. The Labute approximate surface area is 192 Å². The fraction of sp³-hybridized carbons (Fsp3) is 0.261. The molecule has 3 rings (SSSR count). The lowest BCUT2D eigenvalue weighted by Crippen LogP contribution is -2.37. The van der Waals surface area contributed by atoms with Gasteiger partial charge in [-0.3, -0.25) is 4.79 Å². The molecule has 1 aromatic heterocycles. The smallest absolute Gasteiger partial charge is 0.416 e. The van der Waals surface area contributed by atoms with Crippen molar-refractivity contribution in [3.05, 3.63) is 70.2 Å². The number of hydrogen-bond acceptors (Lipinski definition) is 5. The van der Waals surface area contributed by atoms with Crippen LogP contribution >= 0.6 is 11.3 Å². The number of amides is 1.